The van der Waals surface area contributed by atoms with E-state index in [1.807, 2.05) is 24.3 Å². The lowest BCUT2D eigenvalue weighted by molar-refractivity contribution is -0.00520. The van der Waals surface area contributed by atoms with Crippen molar-refractivity contribution in [2.75, 3.05) is 17.7 Å². The van der Waals surface area contributed by atoms with Crippen LogP contribution in [0.1, 0.15) is 64.8 Å². The molecule has 0 saturated heterocycles. The van der Waals surface area contributed by atoms with Gasteiger partial charge in [-0.2, -0.15) is 0 Å². The van der Waals surface area contributed by atoms with E-state index in [0.29, 0.717) is 22.2 Å². The predicted molar refractivity (Wildman–Crippen MR) is 149 cm³/mol. The Morgan fingerprint density at radius 3 is 2.14 bits per heavy atom. The zero-order valence-electron chi connectivity index (χ0n) is 20.9. The Balaban J connectivity index is 1.14. The van der Waals surface area contributed by atoms with Crippen molar-refractivity contribution < 1.29 is 14.3 Å². The molecule has 0 unspecified atom stereocenters. The van der Waals surface area contributed by atoms with E-state index in [1.54, 1.807) is 24.3 Å². The van der Waals surface area contributed by atoms with E-state index in [2.05, 4.69) is 44.8 Å². The molecule has 4 fully saturated rings. The highest BCUT2D eigenvalue weighted by atomic mass is 79.9. The number of anilines is 3. The van der Waals surface area contributed by atoms with Gasteiger partial charge < -0.3 is 15.4 Å². The monoisotopic (exact) mass is 558 g/mol. The number of hydrogen-bond acceptors (Lipinski definition) is 4. The van der Waals surface area contributed by atoms with Gasteiger partial charge in [-0.05, 0) is 132 Å². The SMILES string of the molecule is COC(=O)c1ccccc1Nc1ccc(C(=O)Nc2ccc(C34CC5CC(CC(C5)C3)C4)cc2Br)cc1. The molecule has 3 aromatic rings. The summed E-state index contributed by atoms with van der Waals surface area (Å²) in [5.41, 5.74) is 4.97. The van der Waals surface area contributed by atoms with E-state index in [1.165, 1.54) is 51.2 Å². The third-order valence-electron chi connectivity index (χ3n) is 8.63. The van der Waals surface area contributed by atoms with E-state index < -0.39 is 5.97 Å². The summed E-state index contributed by atoms with van der Waals surface area (Å²) in [5.74, 6) is 2.13. The van der Waals surface area contributed by atoms with Crippen LogP contribution in [0, 0.1) is 17.8 Å². The minimum Gasteiger partial charge on any atom is -0.465 e. The summed E-state index contributed by atoms with van der Waals surface area (Å²) in [6, 6.07) is 20.9. The summed E-state index contributed by atoms with van der Waals surface area (Å²) >= 11 is 3.74. The average molecular weight is 560 g/mol. The molecule has 0 aromatic heterocycles. The normalized spacial score (nSPS) is 25.5. The lowest BCUT2D eigenvalue weighted by Crippen LogP contribution is -2.48. The van der Waals surface area contributed by atoms with E-state index >= 15 is 0 Å². The van der Waals surface area contributed by atoms with Gasteiger partial charge in [0.2, 0.25) is 0 Å². The summed E-state index contributed by atoms with van der Waals surface area (Å²) in [4.78, 5) is 25.0. The van der Waals surface area contributed by atoms with Crippen molar-refractivity contribution >= 4 is 44.9 Å². The lowest BCUT2D eigenvalue weighted by atomic mass is 9.48. The maximum atomic E-state index is 13.0. The molecular formula is C31H31BrN2O3. The van der Waals surface area contributed by atoms with Gasteiger partial charge in [-0.25, -0.2) is 4.79 Å². The Bertz CT molecular complexity index is 1320. The molecule has 4 saturated carbocycles. The largest absolute Gasteiger partial charge is 0.465 e. The van der Waals surface area contributed by atoms with Crippen molar-refractivity contribution in [3.63, 3.8) is 0 Å². The molecule has 3 aromatic carbocycles. The average Bonchev–Trinajstić information content (AvgIpc) is 2.89. The van der Waals surface area contributed by atoms with E-state index in [0.717, 1.165) is 33.6 Å². The van der Waals surface area contributed by atoms with Gasteiger partial charge in [0.05, 0.1) is 24.0 Å². The molecule has 1 amide bonds. The first-order valence-corrected chi connectivity index (χ1v) is 13.9. The second-order valence-electron chi connectivity index (χ2n) is 11.1. The molecular weight excluding hydrogens is 528 g/mol. The van der Waals surface area contributed by atoms with Crippen molar-refractivity contribution in [2.45, 2.75) is 43.9 Å². The summed E-state index contributed by atoms with van der Waals surface area (Å²) < 4.78 is 5.80. The highest BCUT2D eigenvalue weighted by Crippen LogP contribution is 2.61. The highest BCUT2D eigenvalue weighted by Gasteiger charge is 2.51. The molecule has 0 aliphatic heterocycles. The number of carbonyl (C=O) groups is 2. The zero-order valence-corrected chi connectivity index (χ0v) is 22.5. The highest BCUT2D eigenvalue weighted by molar-refractivity contribution is 9.10. The van der Waals surface area contributed by atoms with Gasteiger partial charge in [0, 0.05) is 15.7 Å². The van der Waals surface area contributed by atoms with Crippen LogP contribution < -0.4 is 10.6 Å². The molecule has 7 rings (SSSR count). The molecule has 0 heterocycles. The Labute approximate surface area is 226 Å². The molecule has 0 atom stereocenters. The molecule has 4 bridgehead atoms. The van der Waals surface area contributed by atoms with Crippen LogP contribution in [0.3, 0.4) is 0 Å². The van der Waals surface area contributed by atoms with Gasteiger partial charge in [-0.15, -0.1) is 0 Å². The maximum Gasteiger partial charge on any atom is 0.339 e. The number of hydrogen-bond donors (Lipinski definition) is 2. The van der Waals surface area contributed by atoms with Crippen molar-refractivity contribution in [1.82, 2.24) is 0 Å². The summed E-state index contributed by atoms with van der Waals surface area (Å²) in [5, 5.41) is 6.29. The fourth-order valence-electron chi connectivity index (χ4n) is 7.35. The Morgan fingerprint density at radius 1 is 0.865 bits per heavy atom. The number of para-hydroxylation sites is 1. The number of amides is 1. The van der Waals surface area contributed by atoms with Crippen LogP contribution in [0.4, 0.5) is 17.1 Å². The van der Waals surface area contributed by atoms with Crippen LogP contribution >= 0.6 is 15.9 Å². The Kier molecular flexibility index (Phi) is 6.31. The fraction of sp³-hybridized carbons (Fsp3) is 0.355. The Hall–Kier alpha value is -3.12. The zero-order chi connectivity index (χ0) is 25.6. The molecule has 2 N–H and O–H groups in total. The van der Waals surface area contributed by atoms with Crippen LogP contribution in [0.15, 0.2) is 71.2 Å². The second kappa shape index (κ2) is 9.64. The molecule has 4 aliphatic carbocycles. The standard InChI is InChI=1S/C31H31BrN2O3/c1-37-30(36)25-4-2-3-5-27(25)33-24-9-6-22(7-10-24)29(35)34-28-11-8-23(15-26(28)32)31-16-19-12-20(17-31)14-21(13-19)18-31/h2-11,15,19-21,33H,12-14,16-18H2,1H3,(H,34,35). The van der Waals surface area contributed by atoms with E-state index in [-0.39, 0.29) is 5.91 Å². The number of carbonyl (C=O) groups excluding carboxylic acids is 2. The first-order valence-electron chi connectivity index (χ1n) is 13.1. The lowest BCUT2D eigenvalue weighted by Gasteiger charge is -2.57. The van der Waals surface area contributed by atoms with Gasteiger partial charge in [0.1, 0.15) is 0 Å². The van der Waals surface area contributed by atoms with Crippen LogP contribution in [0.2, 0.25) is 0 Å². The topological polar surface area (TPSA) is 67.4 Å². The van der Waals surface area contributed by atoms with Crippen LogP contribution in [0.5, 0.6) is 0 Å². The number of ether oxygens (including phenoxy) is 1. The third kappa shape index (κ3) is 4.68. The van der Waals surface area contributed by atoms with Crippen molar-refractivity contribution in [1.29, 1.82) is 0 Å². The van der Waals surface area contributed by atoms with Crippen LogP contribution in [-0.4, -0.2) is 19.0 Å². The number of halogens is 1. The predicted octanol–water partition coefficient (Wildman–Crippen LogP) is 7.70. The second-order valence-corrected chi connectivity index (χ2v) is 11.9. The van der Waals surface area contributed by atoms with Crippen LogP contribution in [-0.2, 0) is 10.2 Å². The maximum absolute atomic E-state index is 13.0. The molecule has 6 heteroatoms. The number of methoxy groups -OCH3 is 1. The van der Waals surface area contributed by atoms with E-state index in [9.17, 15) is 9.59 Å². The fourth-order valence-corrected chi connectivity index (χ4v) is 7.82. The van der Waals surface area contributed by atoms with Gasteiger partial charge in [-0.3, -0.25) is 4.79 Å². The minimum atomic E-state index is -0.404. The quantitative estimate of drug-likeness (QED) is 0.304. The molecule has 0 radical (unpaired) electrons. The molecule has 5 nitrogen and oxygen atoms in total. The van der Waals surface area contributed by atoms with Crippen molar-refractivity contribution in [3.05, 3.63) is 87.9 Å². The number of rotatable bonds is 6. The first kappa shape index (κ1) is 24.2. The summed E-state index contributed by atoms with van der Waals surface area (Å²) in [7, 11) is 1.36. The third-order valence-corrected chi connectivity index (χ3v) is 9.28. The molecule has 4 aliphatic rings. The van der Waals surface area contributed by atoms with Crippen LogP contribution in [0.25, 0.3) is 0 Å². The number of nitrogens with one attached hydrogen (secondary N) is 2. The molecule has 37 heavy (non-hydrogen) atoms. The minimum absolute atomic E-state index is 0.162. The smallest absolute Gasteiger partial charge is 0.339 e. The first-order chi connectivity index (χ1) is 17.9. The van der Waals surface area contributed by atoms with Crippen molar-refractivity contribution in [3.8, 4) is 0 Å². The molecule has 0 spiro atoms. The summed E-state index contributed by atoms with van der Waals surface area (Å²) in [6.45, 7) is 0. The van der Waals surface area contributed by atoms with Gasteiger partial charge in [0.25, 0.3) is 5.91 Å². The number of esters is 1. The summed E-state index contributed by atoms with van der Waals surface area (Å²) in [6.07, 6.45) is 8.26. The molecule has 190 valence electrons. The van der Waals surface area contributed by atoms with Gasteiger partial charge in [-0.1, -0.05) is 18.2 Å². The van der Waals surface area contributed by atoms with Crippen molar-refractivity contribution in [2.24, 2.45) is 17.8 Å². The van der Waals surface area contributed by atoms with Gasteiger partial charge in [0.15, 0.2) is 0 Å². The number of benzene rings is 3. The Morgan fingerprint density at radius 2 is 1.51 bits per heavy atom. The van der Waals surface area contributed by atoms with Gasteiger partial charge >= 0.3 is 5.97 Å². The van der Waals surface area contributed by atoms with E-state index in [4.69, 9.17) is 4.74 Å².